The van der Waals surface area contributed by atoms with Gasteiger partial charge in [0.2, 0.25) is 0 Å². The van der Waals surface area contributed by atoms with Crippen LogP contribution in [0.1, 0.15) is 19.2 Å². The standard InChI is InChI=1S/C12H15N3/c1-3-4-12-14-11(9-15(12)2)10-5-7-13-8-6-10/h5-9H,3-4H2,1-2H3. The molecule has 2 aromatic rings. The molecule has 0 aromatic carbocycles. The third kappa shape index (κ3) is 2.06. The number of imidazole rings is 1. The number of rotatable bonds is 3. The van der Waals surface area contributed by atoms with E-state index in [1.165, 1.54) is 0 Å². The van der Waals surface area contributed by atoms with Gasteiger partial charge in [0.25, 0.3) is 0 Å². The molecule has 0 atom stereocenters. The molecule has 0 aliphatic heterocycles. The van der Waals surface area contributed by atoms with Crippen molar-refractivity contribution in [3.8, 4) is 11.3 Å². The Morgan fingerprint density at radius 1 is 1.27 bits per heavy atom. The zero-order valence-corrected chi connectivity index (χ0v) is 9.14. The molecule has 0 saturated heterocycles. The molecule has 0 amide bonds. The van der Waals surface area contributed by atoms with Gasteiger partial charge in [0.05, 0.1) is 5.69 Å². The molecule has 0 aliphatic rings. The van der Waals surface area contributed by atoms with Crippen molar-refractivity contribution in [2.45, 2.75) is 19.8 Å². The SMILES string of the molecule is CCCc1nc(-c2ccncc2)cn1C. The Morgan fingerprint density at radius 2 is 2.00 bits per heavy atom. The van der Waals surface area contributed by atoms with Crippen LogP contribution in [0.15, 0.2) is 30.7 Å². The van der Waals surface area contributed by atoms with E-state index < -0.39 is 0 Å². The van der Waals surface area contributed by atoms with E-state index in [1.807, 2.05) is 19.2 Å². The number of hydrogen-bond donors (Lipinski definition) is 0. The summed E-state index contributed by atoms with van der Waals surface area (Å²) in [6.07, 6.45) is 7.82. The van der Waals surface area contributed by atoms with E-state index in [4.69, 9.17) is 0 Å². The van der Waals surface area contributed by atoms with Crippen molar-refractivity contribution >= 4 is 0 Å². The van der Waals surface area contributed by atoms with Gasteiger partial charge in [-0.1, -0.05) is 6.92 Å². The summed E-state index contributed by atoms with van der Waals surface area (Å²) in [6, 6.07) is 3.97. The monoisotopic (exact) mass is 201 g/mol. The van der Waals surface area contributed by atoms with Crippen molar-refractivity contribution in [1.29, 1.82) is 0 Å². The van der Waals surface area contributed by atoms with Crippen LogP contribution in [0.5, 0.6) is 0 Å². The second-order valence-electron chi connectivity index (χ2n) is 3.64. The molecule has 0 aliphatic carbocycles. The minimum absolute atomic E-state index is 1.03. The predicted molar refractivity (Wildman–Crippen MR) is 60.4 cm³/mol. The number of hydrogen-bond acceptors (Lipinski definition) is 2. The highest BCUT2D eigenvalue weighted by Crippen LogP contribution is 2.17. The highest BCUT2D eigenvalue weighted by Gasteiger charge is 2.05. The Morgan fingerprint density at radius 3 is 2.67 bits per heavy atom. The van der Waals surface area contributed by atoms with Crippen LogP contribution in [0.4, 0.5) is 0 Å². The average Bonchev–Trinajstić information content (AvgIpc) is 2.63. The molecule has 3 nitrogen and oxygen atoms in total. The molecule has 0 radical (unpaired) electrons. The number of pyridine rings is 1. The molecule has 0 unspecified atom stereocenters. The maximum absolute atomic E-state index is 4.60. The summed E-state index contributed by atoms with van der Waals surface area (Å²) in [7, 11) is 2.04. The van der Waals surface area contributed by atoms with Gasteiger partial charge in [-0.2, -0.15) is 0 Å². The topological polar surface area (TPSA) is 30.7 Å². The molecule has 0 saturated carbocycles. The van der Waals surface area contributed by atoms with E-state index in [2.05, 4.69) is 27.7 Å². The van der Waals surface area contributed by atoms with E-state index in [-0.39, 0.29) is 0 Å². The van der Waals surface area contributed by atoms with Crippen molar-refractivity contribution in [2.24, 2.45) is 7.05 Å². The zero-order valence-electron chi connectivity index (χ0n) is 9.14. The lowest BCUT2D eigenvalue weighted by molar-refractivity contribution is 0.759. The third-order valence-electron chi connectivity index (χ3n) is 2.42. The van der Waals surface area contributed by atoms with Crippen LogP contribution in [0.2, 0.25) is 0 Å². The van der Waals surface area contributed by atoms with Crippen molar-refractivity contribution in [3.05, 3.63) is 36.5 Å². The Hall–Kier alpha value is -1.64. The number of aromatic nitrogens is 3. The predicted octanol–water partition coefficient (Wildman–Crippen LogP) is 2.43. The van der Waals surface area contributed by atoms with E-state index >= 15 is 0 Å². The fourth-order valence-electron chi connectivity index (χ4n) is 1.62. The Bertz CT molecular complexity index is 431. The van der Waals surface area contributed by atoms with Crippen LogP contribution in [0, 0.1) is 0 Å². The fourth-order valence-corrected chi connectivity index (χ4v) is 1.62. The number of nitrogens with zero attached hydrogens (tertiary/aromatic N) is 3. The molecule has 0 spiro atoms. The first-order chi connectivity index (χ1) is 7.31. The second-order valence-corrected chi connectivity index (χ2v) is 3.64. The molecule has 2 aromatic heterocycles. The van der Waals surface area contributed by atoms with Gasteiger partial charge in [-0.15, -0.1) is 0 Å². The van der Waals surface area contributed by atoms with E-state index in [0.717, 1.165) is 29.9 Å². The summed E-state index contributed by atoms with van der Waals surface area (Å²) < 4.78 is 2.10. The summed E-state index contributed by atoms with van der Waals surface area (Å²) >= 11 is 0. The molecule has 0 bridgehead atoms. The summed E-state index contributed by atoms with van der Waals surface area (Å²) in [5, 5.41) is 0. The van der Waals surface area contributed by atoms with Crippen molar-refractivity contribution < 1.29 is 0 Å². The van der Waals surface area contributed by atoms with Gasteiger partial charge >= 0.3 is 0 Å². The van der Waals surface area contributed by atoms with Crippen LogP contribution in [-0.2, 0) is 13.5 Å². The van der Waals surface area contributed by atoms with Crippen LogP contribution in [0.25, 0.3) is 11.3 Å². The van der Waals surface area contributed by atoms with Gasteiger partial charge in [-0.25, -0.2) is 4.98 Å². The zero-order chi connectivity index (χ0) is 10.7. The van der Waals surface area contributed by atoms with Crippen molar-refractivity contribution in [1.82, 2.24) is 14.5 Å². The maximum Gasteiger partial charge on any atom is 0.109 e. The van der Waals surface area contributed by atoms with Gasteiger partial charge in [-0.05, 0) is 18.6 Å². The lowest BCUT2D eigenvalue weighted by atomic mass is 10.2. The Kier molecular flexibility index (Phi) is 2.81. The Balaban J connectivity index is 2.34. The first-order valence-corrected chi connectivity index (χ1v) is 5.24. The lowest BCUT2D eigenvalue weighted by Gasteiger charge is -1.95. The molecule has 15 heavy (non-hydrogen) atoms. The lowest BCUT2D eigenvalue weighted by Crippen LogP contribution is -1.95. The van der Waals surface area contributed by atoms with Crippen LogP contribution in [-0.4, -0.2) is 14.5 Å². The summed E-state index contributed by atoms with van der Waals surface area (Å²) in [5.74, 6) is 1.14. The van der Waals surface area contributed by atoms with Crippen LogP contribution >= 0.6 is 0 Å². The first-order valence-electron chi connectivity index (χ1n) is 5.24. The smallest absolute Gasteiger partial charge is 0.109 e. The van der Waals surface area contributed by atoms with E-state index in [0.29, 0.717) is 0 Å². The van der Waals surface area contributed by atoms with E-state index in [1.54, 1.807) is 12.4 Å². The number of aryl methyl sites for hydroxylation is 2. The Labute approximate surface area is 89.8 Å². The molecule has 0 fully saturated rings. The van der Waals surface area contributed by atoms with E-state index in [9.17, 15) is 0 Å². The average molecular weight is 201 g/mol. The molecular weight excluding hydrogens is 186 g/mol. The van der Waals surface area contributed by atoms with Gasteiger partial charge in [0.15, 0.2) is 0 Å². The van der Waals surface area contributed by atoms with Gasteiger partial charge in [0.1, 0.15) is 5.82 Å². The van der Waals surface area contributed by atoms with Crippen LogP contribution < -0.4 is 0 Å². The summed E-state index contributed by atoms with van der Waals surface area (Å²) in [5.41, 5.74) is 2.16. The van der Waals surface area contributed by atoms with Crippen molar-refractivity contribution in [3.63, 3.8) is 0 Å². The van der Waals surface area contributed by atoms with Gasteiger partial charge in [0, 0.05) is 37.6 Å². The molecular formula is C12H15N3. The quantitative estimate of drug-likeness (QED) is 0.763. The van der Waals surface area contributed by atoms with Gasteiger partial charge in [-0.3, -0.25) is 4.98 Å². The normalized spacial score (nSPS) is 10.5. The first kappa shape index (κ1) is 9.90. The molecule has 78 valence electrons. The highest BCUT2D eigenvalue weighted by molar-refractivity contribution is 5.57. The molecule has 2 rings (SSSR count). The molecule has 3 heteroatoms. The summed E-state index contributed by atoms with van der Waals surface area (Å²) in [6.45, 7) is 2.17. The third-order valence-corrected chi connectivity index (χ3v) is 2.42. The highest BCUT2D eigenvalue weighted by atomic mass is 15.0. The summed E-state index contributed by atoms with van der Waals surface area (Å²) in [4.78, 5) is 8.61. The molecule has 0 N–H and O–H groups in total. The molecule has 2 heterocycles. The van der Waals surface area contributed by atoms with Crippen LogP contribution in [0.3, 0.4) is 0 Å². The fraction of sp³-hybridized carbons (Fsp3) is 0.333. The minimum Gasteiger partial charge on any atom is -0.337 e. The van der Waals surface area contributed by atoms with Crippen molar-refractivity contribution in [2.75, 3.05) is 0 Å². The minimum atomic E-state index is 1.03. The maximum atomic E-state index is 4.60. The largest absolute Gasteiger partial charge is 0.337 e. The second kappa shape index (κ2) is 4.26. The van der Waals surface area contributed by atoms with Gasteiger partial charge < -0.3 is 4.57 Å².